The number of hydrogen-bond donors (Lipinski definition) is 0. The molecule has 0 fully saturated rings. The van der Waals surface area contributed by atoms with Crippen molar-refractivity contribution in [2.24, 2.45) is 0 Å². The number of rotatable bonds is 10. The van der Waals surface area contributed by atoms with Gasteiger partial charge in [0.1, 0.15) is 0 Å². The molecule has 0 atom stereocenters. The Morgan fingerprint density at radius 2 is 1.07 bits per heavy atom. The van der Waals surface area contributed by atoms with Crippen LogP contribution in [0.15, 0.2) is 0 Å². The lowest BCUT2D eigenvalue weighted by Crippen LogP contribution is -2.47. The van der Waals surface area contributed by atoms with Crippen LogP contribution in [0.4, 0.5) is 30.7 Å². The first-order valence-electron chi connectivity index (χ1n) is 8.58. The lowest BCUT2D eigenvalue weighted by atomic mass is 10.1. The van der Waals surface area contributed by atoms with E-state index >= 15 is 0 Å². The lowest BCUT2D eigenvalue weighted by molar-refractivity contribution is -0.921. The average molecular weight is 435 g/mol. The summed E-state index contributed by atoms with van der Waals surface area (Å²) in [6.07, 6.45) is -9.76. The molecule has 0 radical (unpaired) electrons. The summed E-state index contributed by atoms with van der Waals surface area (Å²) in [5.74, 6) is -5.20. The van der Waals surface area contributed by atoms with Crippen LogP contribution in [-0.2, 0) is 10.1 Å². The van der Waals surface area contributed by atoms with E-state index in [0.717, 1.165) is 0 Å². The molecule has 0 heterocycles. The SMILES string of the molecule is CC[N+](CC)(CC)CC.O=S(=O)([O-])C(F)(F)C(F)(F)CCCCC(F)(F)F. The molecule has 27 heavy (non-hydrogen) atoms. The van der Waals surface area contributed by atoms with Crippen LogP contribution in [0.5, 0.6) is 0 Å². The highest BCUT2D eigenvalue weighted by molar-refractivity contribution is 7.86. The van der Waals surface area contributed by atoms with E-state index in [4.69, 9.17) is 0 Å². The van der Waals surface area contributed by atoms with E-state index in [0.29, 0.717) is 0 Å². The molecular formula is C15H28F7NO3S. The minimum atomic E-state index is -6.58. The van der Waals surface area contributed by atoms with E-state index in [1.54, 1.807) is 0 Å². The maximum atomic E-state index is 12.7. The molecule has 0 amide bonds. The summed E-state index contributed by atoms with van der Waals surface area (Å²) in [5.41, 5.74) is 0. The van der Waals surface area contributed by atoms with Crippen LogP contribution in [0.2, 0.25) is 0 Å². The second-order valence-electron chi connectivity index (χ2n) is 6.10. The topological polar surface area (TPSA) is 57.2 Å². The van der Waals surface area contributed by atoms with Gasteiger partial charge in [-0.2, -0.15) is 30.7 Å². The van der Waals surface area contributed by atoms with E-state index < -0.39 is 53.2 Å². The van der Waals surface area contributed by atoms with Crippen molar-refractivity contribution in [3.63, 3.8) is 0 Å². The number of alkyl halides is 7. The van der Waals surface area contributed by atoms with Crippen LogP contribution >= 0.6 is 0 Å². The molecule has 0 saturated heterocycles. The summed E-state index contributed by atoms with van der Waals surface area (Å²) in [6.45, 7) is 14.2. The van der Waals surface area contributed by atoms with E-state index in [1.165, 1.54) is 30.7 Å². The molecule has 12 heteroatoms. The molecule has 4 nitrogen and oxygen atoms in total. The van der Waals surface area contributed by atoms with Crippen LogP contribution in [0.25, 0.3) is 0 Å². The fraction of sp³-hybridized carbons (Fsp3) is 1.00. The standard InChI is InChI=1S/C8H20N.C7H9F7O3S/c1-5-9(6-2,7-3)8-4;8-5(9,7(13,14)18(15,16)17)3-1-2-4-6(10,11)12/h5-8H2,1-4H3;1-4H2,(H,15,16,17)/q+1;/p-1. The van der Waals surface area contributed by atoms with E-state index in [1.807, 2.05) is 0 Å². The first-order chi connectivity index (χ1) is 11.9. The molecule has 0 saturated carbocycles. The van der Waals surface area contributed by atoms with Gasteiger partial charge in [0.25, 0.3) is 0 Å². The molecule has 0 unspecified atom stereocenters. The highest BCUT2D eigenvalue weighted by Gasteiger charge is 2.60. The second kappa shape index (κ2) is 10.8. The molecule has 0 rings (SSSR count). The van der Waals surface area contributed by atoms with Gasteiger partial charge in [-0.1, -0.05) is 0 Å². The molecular weight excluding hydrogens is 407 g/mol. The molecule has 0 aliphatic heterocycles. The van der Waals surface area contributed by atoms with Gasteiger partial charge < -0.3 is 9.04 Å². The van der Waals surface area contributed by atoms with Crippen molar-refractivity contribution in [2.45, 2.75) is 70.7 Å². The van der Waals surface area contributed by atoms with Crippen LogP contribution in [0, 0.1) is 0 Å². The van der Waals surface area contributed by atoms with Gasteiger partial charge >= 0.3 is 17.4 Å². The van der Waals surface area contributed by atoms with Crippen molar-refractivity contribution in [1.29, 1.82) is 0 Å². The summed E-state index contributed by atoms with van der Waals surface area (Å²) in [5, 5.41) is -5.84. The minimum absolute atomic E-state index is 0.867. The van der Waals surface area contributed by atoms with Crippen molar-refractivity contribution < 1.29 is 48.2 Å². The number of hydrogen-bond acceptors (Lipinski definition) is 3. The van der Waals surface area contributed by atoms with Gasteiger partial charge in [0, 0.05) is 12.8 Å². The molecule has 0 aliphatic carbocycles. The molecule has 0 aromatic carbocycles. The summed E-state index contributed by atoms with van der Waals surface area (Å²) in [6, 6.07) is 0. The molecule has 0 bridgehead atoms. The first-order valence-corrected chi connectivity index (χ1v) is 9.99. The van der Waals surface area contributed by atoms with Crippen LogP contribution in [0.1, 0.15) is 53.4 Å². The van der Waals surface area contributed by atoms with Gasteiger partial charge in [0.05, 0.1) is 26.2 Å². The van der Waals surface area contributed by atoms with Gasteiger partial charge in [-0.25, -0.2) is 8.42 Å². The Bertz CT molecular complexity index is 500. The number of quaternary nitrogens is 1. The van der Waals surface area contributed by atoms with Crippen LogP contribution < -0.4 is 0 Å². The zero-order chi connectivity index (χ0) is 22.2. The summed E-state index contributed by atoms with van der Waals surface area (Å²) in [7, 11) is -6.58. The third kappa shape index (κ3) is 9.42. The predicted molar refractivity (Wildman–Crippen MR) is 86.5 cm³/mol. The summed E-state index contributed by atoms with van der Waals surface area (Å²) >= 11 is 0. The Morgan fingerprint density at radius 3 is 1.30 bits per heavy atom. The van der Waals surface area contributed by atoms with Gasteiger partial charge in [-0.15, -0.1) is 0 Å². The molecule has 166 valence electrons. The molecule has 0 aromatic heterocycles. The Morgan fingerprint density at radius 1 is 0.741 bits per heavy atom. The van der Waals surface area contributed by atoms with Crippen molar-refractivity contribution in [3.8, 4) is 0 Å². The third-order valence-electron chi connectivity index (χ3n) is 4.62. The maximum absolute atomic E-state index is 12.7. The predicted octanol–water partition coefficient (Wildman–Crippen LogP) is 4.77. The van der Waals surface area contributed by atoms with Crippen LogP contribution in [0.3, 0.4) is 0 Å². The molecule has 0 aromatic rings. The van der Waals surface area contributed by atoms with Crippen molar-refractivity contribution in [2.75, 3.05) is 26.2 Å². The maximum Gasteiger partial charge on any atom is 0.396 e. The second-order valence-corrected chi connectivity index (χ2v) is 7.53. The summed E-state index contributed by atoms with van der Waals surface area (Å²) < 4.78 is 116. The fourth-order valence-electron chi connectivity index (χ4n) is 2.34. The minimum Gasteiger partial charge on any atom is -0.743 e. The Kier molecular flexibility index (Phi) is 11.4. The monoisotopic (exact) mass is 435 g/mol. The molecule has 0 N–H and O–H groups in total. The number of halogens is 7. The first kappa shape index (κ1) is 28.6. The average Bonchev–Trinajstić information content (AvgIpc) is 2.53. The van der Waals surface area contributed by atoms with Gasteiger partial charge in [0.15, 0.2) is 10.1 Å². The van der Waals surface area contributed by atoms with Gasteiger partial charge in [-0.05, 0) is 40.5 Å². The zero-order valence-electron chi connectivity index (χ0n) is 15.9. The number of unbranched alkanes of at least 4 members (excludes halogenated alkanes) is 1. The van der Waals surface area contributed by atoms with E-state index in [-0.39, 0.29) is 0 Å². The van der Waals surface area contributed by atoms with Crippen molar-refractivity contribution in [3.05, 3.63) is 0 Å². The van der Waals surface area contributed by atoms with Crippen molar-refractivity contribution in [1.82, 2.24) is 0 Å². The van der Waals surface area contributed by atoms with E-state index in [2.05, 4.69) is 27.7 Å². The molecule has 0 spiro atoms. The molecule has 0 aliphatic rings. The number of nitrogens with zero attached hydrogens (tertiary/aromatic N) is 1. The van der Waals surface area contributed by atoms with Crippen molar-refractivity contribution >= 4 is 10.1 Å². The zero-order valence-corrected chi connectivity index (χ0v) is 16.7. The highest BCUT2D eigenvalue weighted by atomic mass is 32.2. The van der Waals surface area contributed by atoms with E-state index in [9.17, 15) is 43.7 Å². The van der Waals surface area contributed by atoms with Gasteiger partial charge in [-0.3, -0.25) is 0 Å². The Hall–Kier alpha value is -0.620. The smallest absolute Gasteiger partial charge is 0.396 e. The lowest BCUT2D eigenvalue weighted by Gasteiger charge is -2.34. The largest absolute Gasteiger partial charge is 0.743 e. The van der Waals surface area contributed by atoms with Crippen LogP contribution in [-0.4, -0.2) is 61.0 Å². The Balaban J connectivity index is 0. The van der Waals surface area contributed by atoms with Gasteiger partial charge in [0.2, 0.25) is 0 Å². The quantitative estimate of drug-likeness (QED) is 0.215. The Labute approximate surface area is 156 Å². The summed E-state index contributed by atoms with van der Waals surface area (Å²) in [4.78, 5) is 0. The fourth-order valence-corrected chi connectivity index (χ4v) is 2.81. The highest BCUT2D eigenvalue weighted by Crippen LogP contribution is 2.41. The third-order valence-corrected chi connectivity index (χ3v) is 5.55. The normalized spacial score (nSPS) is 13.9.